The molecule has 5 heteroatoms. The van der Waals surface area contributed by atoms with Crippen LogP contribution in [-0.4, -0.2) is 53.1 Å². The number of carboxylic acid groups (broad SMARTS) is 1. The Kier molecular flexibility index (Phi) is 4.73. The number of hydrogen-bond acceptors (Lipinski definition) is 3. The van der Waals surface area contributed by atoms with Crippen LogP contribution in [0.1, 0.15) is 25.5 Å². The third kappa shape index (κ3) is 3.35. The lowest BCUT2D eigenvalue weighted by molar-refractivity contribution is -0.143. The van der Waals surface area contributed by atoms with E-state index in [1.165, 1.54) is 12.1 Å². The van der Waals surface area contributed by atoms with Gasteiger partial charge in [-0.3, -0.25) is 14.6 Å². The molecule has 1 heterocycles. The Balaban J connectivity index is 1.93. The van der Waals surface area contributed by atoms with Crippen molar-refractivity contribution in [1.29, 1.82) is 0 Å². The number of hydrogen-bond donors (Lipinski definition) is 1. The first-order valence-electron chi connectivity index (χ1n) is 6.95. The summed E-state index contributed by atoms with van der Waals surface area (Å²) in [6.45, 7) is 6.98. The lowest BCUT2D eigenvalue weighted by Gasteiger charge is -2.39. The van der Waals surface area contributed by atoms with Crippen LogP contribution < -0.4 is 0 Å². The van der Waals surface area contributed by atoms with Crippen LogP contribution in [0.25, 0.3) is 0 Å². The monoisotopic (exact) mass is 280 g/mol. The minimum absolute atomic E-state index is 0.220. The van der Waals surface area contributed by atoms with Crippen LogP contribution in [-0.2, 0) is 4.79 Å². The van der Waals surface area contributed by atoms with E-state index in [1.807, 2.05) is 17.0 Å². The molecule has 1 aromatic carbocycles. The van der Waals surface area contributed by atoms with E-state index in [2.05, 4.69) is 11.8 Å². The van der Waals surface area contributed by atoms with Crippen molar-refractivity contribution in [2.45, 2.75) is 25.9 Å². The first-order valence-corrected chi connectivity index (χ1v) is 6.95. The summed E-state index contributed by atoms with van der Waals surface area (Å²) in [5.74, 6) is -0.994. The number of carboxylic acids is 1. The number of benzene rings is 1. The molecule has 1 saturated heterocycles. The fraction of sp³-hybridized carbons (Fsp3) is 0.533. The van der Waals surface area contributed by atoms with Crippen molar-refractivity contribution >= 4 is 5.97 Å². The van der Waals surface area contributed by atoms with Gasteiger partial charge in [0.25, 0.3) is 0 Å². The van der Waals surface area contributed by atoms with Crippen molar-refractivity contribution in [3.05, 3.63) is 35.6 Å². The van der Waals surface area contributed by atoms with E-state index in [4.69, 9.17) is 5.11 Å². The highest BCUT2D eigenvalue weighted by Gasteiger charge is 2.27. The van der Waals surface area contributed by atoms with E-state index >= 15 is 0 Å². The van der Waals surface area contributed by atoms with Crippen LogP contribution in [0.4, 0.5) is 4.39 Å². The molecule has 1 aromatic rings. The maximum Gasteiger partial charge on any atom is 0.320 e. The van der Waals surface area contributed by atoms with E-state index in [-0.39, 0.29) is 11.9 Å². The Labute approximate surface area is 118 Å². The zero-order valence-corrected chi connectivity index (χ0v) is 11.9. The molecule has 20 heavy (non-hydrogen) atoms. The zero-order chi connectivity index (χ0) is 14.7. The largest absolute Gasteiger partial charge is 0.480 e. The SMILES string of the molecule is CC(C(=O)O)N1CCN(C(C)c2ccc(F)cc2)CC1. The number of piperazine rings is 1. The molecule has 1 aliphatic rings. The van der Waals surface area contributed by atoms with E-state index in [1.54, 1.807) is 6.92 Å². The summed E-state index contributed by atoms with van der Waals surface area (Å²) < 4.78 is 12.9. The molecule has 4 nitrogen and oxygen atoms in total. The summed E-state index contributed by atoms with van der Waals surface area (Å²) in [6, 6.07) is 6.37. The Morgan fingerprint density at radius 3 is 2.10 bits per heavy atom. The second-order valence-corrected chi connectivity index (χ2v) is 5.31. The third-order valence-corrected chi connectivity index (χ3v) is 4.15. The predicted octanol–water partition coefficient (Wildman–Crippen LogP) is 1.98. The first-order chi connectivity index (χ1) is 9.49. The minimum atomic E-state index is -0.773. The van der Waals surface area contributed by atoms with Gasteiger partial charge in [-0.05, 0) is 31.5 Å². The van der Waals surface area contributed by atoms with Gasteiger partial charge in [-0.1, -0.05) is 12.1 Å². The van der Waals surface area contributed by atoms with Crippen LogP contribution in [0.3, 0.4) is 0 Å². The van der Waals surface area contributed by atoms with Crippen LogP contribution in [0.15, 0.2) is 24.3 Å². The molecule has 0 radical (unpaired) electrons. The Morgan fingerprint density at radius 1 is 1.10 bits per heavy atom. The van der Waals surface area contributed by atoms with E-state index in [0.29, 0.717) is 0 Å². The Morgan fingerprint density at radius 2 is 1.60 bits per heavy atom. The Hall–Kier alpha value is -1.46. The van der Waals surface area contributed by atoms with Crippen molar-refractivity contribution in [2.75, 3.05) is 26.2 Å². The van der Waals surface area contributed by atoms with Gasteiger partial charge in [0.1, 0.15) is 11.9 Å². The molecule has 0 amide bonds. The molecular formula is C15H21FN2O2. The quantitative estimate of drug-likeness (QED) is 0.916. The number of nitrogens with zero attached hydrogens (tertiary/aromatic N) is 2. The van der Waals surface area contributed by atoms with Crippen LogP contribution in [0, 0.1) is 5.82 Å². The highest BCUT2D eigenvalue weighted by molar-refractivity contribution is 5.72. The average molecular weight is 280 g/mol. The highest BCUT2D eigenvalue weighted by atomic mass is 19.1. The summed E-state index contributed by atoms with van der Waals surface area (Å²) in [6.07, 6.45) is 0. The van der Waals surface area contributed by atoms with Gasteiger partial charge >= 0.3 is 5.97 Å². The third-order valence-electron chi connectivity index (χ3n) is 4.15. The van der Waals surface area contributed by atoms with E-state index in [0.717, 1.165) is 31.7 Å². The summed E-state index contributed by atoms with van der Waals surface area (Å²) >= 11 is 0. The van der Waals surface area contributed by atoms with Crippen molar-refractivity contribution in [3.63, 3.8) is 0 Å². The molecule has 2 unspecified atom stereocenters. The summed E-state index contributed by atoms with van der Waals surface area (Å²) in [4.78, 5) is 15.3. The minimum Gasteiger partial charge on any atom is -0.480 e. The Bertz CT molecular complexity index is 455. The van der Waals surface area contributed by atoms with Crippen molar-refractivity contribution in [2.24, 2.45) is 0 Å². The zero-order valence-electron chi connectivity index (χ0n) is 11.9. The lowest BCUT2D eigenvalue weighted by Crippen LogP contribution is -2.52. The number of halogens is 1. The molecular weight excluding hydrogens is 259 g/mol. The summed E-state index contributed by atoms with van der Waals surface area (Å²) in [5.41, 5.74) is 1.09. The van der Waals surface area contributed by atoms with E-state index < -0.39 is 12.0 Å². The number of rotatable bonds is 4. The van der Waals surface area contributed by atoms with Gasteiger partial charge < -0.3 is 5.11 Å². The molecule has 0 saturated carbocycles. The molecule has 2 rings (SSSR count). The van der Waals surface area contributed by atoms with Crippen LogP contribution in [0.2, 0.25) is 0 Å². The standard InChI is InChI=1S/C15H21FN2O2/c1-11(13-3-5-14(16)6-4-13)17-7-9-18(10-8-17)12(2)15(19)20/h3-6,11-12H,7-10H2,1-2H3,(H,19,20). The molecule has 2 atom stereocenters. The van der Waals surface area contributed by atoms with Crippen molar-refractivity contribution < 1.29 is 14.3 Å². The second kappa shape index (κ2) is 6.33. The highest BCUT2D eigenvalue weighted by Crippen LogP contribution is 2.22. The van der Waals surface area contributed by atoms with Crippen LogP contribution in [0.5, 0.6) is 0 Å². The smallest absolute Gasteiger partial charge is 0.320 e. The van der Waals surface area contributed by atoms with Crippen molar-refractivity contribution in [1.82, 2.24) is 9.80 Å². The predicted molar refractivity (Wildman–Crippen MR) is 75.1 cm³/mol. The molecule has 0 aliphatic carbocycles. The van der Waals surface area contributed by atoms with Gasteiger partial charge in [0, 0.05) is 32.2 Å². The first kappa shape index (κ1) is 14.9. The second-order valence-electron chi connectivity index (χ2n) is 5.31. The van der Waals surface area contributed by atoms with Gasteiger partial charge in [0.2, 0.25) is 0 Å². The van der Waals surface area contributed by atoms with E-state index in [9.17, 15) is 9.18 Å². The van der Waals surface area contributed by atoms with Gasteiger partial charge in [-0.25, -0.2) is 4.39 Å². The molecule has 1 fully saturated rings. The van der Waals surface area contributed by atoms with Gasteiger partial charge in [0.05, 0.1) is 0 Å². The van der Waals surface area contributed by atoms with Crippen LogP contribution >= 0.6 is 0 Å². The topological polar surface area (TPSA) is 43.8 Å². The normalized spacial score (nSPS) is 20.6. The maximum atomic E-state index is 12.9. The molecule has 1 N–H and O–H groups in total. The van der Waals surface area contributed by atoms with Crippen molar-refractivity contribution in [3.8, 4) is 0 Å². The molecule has 0 aromatic heterocycles. The molecule has 0 bridgehead atoms. The van der Waals surface area contributed by atoms with Gasteiger partial charge in [-0.15, -0.1) is 0 Å². The fourth-order valence-electron chi connectivity index (χ4n) is 2.62. The number of aliphatic carboxylic acids is 1. The fourth-order valence-corrected chi connectivity index (χ4v) is 2.62. The maximum absolute atomic E-state index is 12.9. The molecule has 110 valence electrons. The number of carbonyl (C=O) groups is 1. The lowest BCUT2D eigenvalue weighted by atomic mass is 10.1. The summed E-state index contributed by atoms with van der Waals surface area (Å²) in [7, 11) is 0. The molecule has 0 spiro atoms. The molecule has 1 aliphatic heterocycles. The van der Waals surface area contributed by atoms with Gasteiger partial charge in [0.15, 0.2) is 0 Å². The summed E-state index contributed by atoms with van der Waals surface area (Å²) in [5, 5.41) is 9.02. The average Bonchev–Trinajstić information content (AvgIpc) is 2.46. The van der Waals surface area contributed by atoms with Gasteiger partial charge in [-0.2, -0.15) is 0 Å².